The molecule has 2 N–H and O–H groups in total. The molecule has 1 aromatic rings. The number of rotatable bonds is 5. The van der Waals surface area contributed by atoms with E-state index in [1.807, 2.05) is 16.3 Å². The maximum absolute atomic E-state index is 10.6. The SMILES string of the molecule is O=C(O)CSc1nnc(CO)n1C1CCCSC1. The van der Waals surface area contributed by atoms with E-state index in [1.165, 1.54) is 0 Å². The maximum atomic E-state index is 10.6. The average molecular weight is 289 g/mol. The quantitative estimate of drug-likeness (QED) is 0.782. The molecule has 1 aliphatic rings. The van der Waals surface area contributed by atoms with Gasteiger partial charge in [-0.25, -0.2) is 0 Å². The zero-order chi connectivity index (χ0) is 13.0. The Kier molecular flexibility index (Phi) is 4.90. The Bertz CT molecular complexity index is 419. The molecule has 1 aliphatic heterocycles. The van der Waals surface area contributed by atoms with Gasteiger partial charge >= 0.3 is 5.97 Å². The molecule has 0 aliphatic carbocycles. The minimum absolute atomic E-state index is 0.0383. The summed E-state index contributed by atoms with van der Waals surface area (Å²) in [6.45, 7) is -0.165. The lowest BCUT2D eigenvalue weighted by Crippen LogP contribution is -2.19. The molecule has 8 heteroatoms. The first-order chi connectivity index (χ1) is 8.72. The largest absolute Gasteiger partial charge is 0.481 e. The van der Waals surface area contributed by atoms with Crippen LogP contribution in [0, 0.1) is 0 Å². The van der Waals surface area contributed by atoms with E-state index >= 15 is 0 Å². The first-order valence-corrected chi connectivity index (χ1v) is 7.83. The van der Waals surface area contributed by atoms with Crippen LogP contribution in [0.4, 0.5) is 0 Å². The fraction of sp³-hybridized carbons (Fsp3) is 0.700. The highest BCUT2D eigenvalue weighted by Crippen LogP contribution is 2.31. The lowest BCUT2D eigenvalue weighted by molar-refractivity contribution is -0.133. The van der Waals surface area contributed by atoms with Gasteiger partial charge in [-0.1, -0.05) is 11.8 Å². The van der Waals surface area contributed by atoms with Crippen LogP contribution < -0.4 is 0 Å². The Hall–Kier alpha value is -0.730. The molecular weight excluding hydrogens is 274 g/mol. The molecule has 0 spiro atoms. The van der Waals surface area contributed by atoms with Crippen molar-refractivity contribution in [1.29, 1.82) is 0 Å². The zero-order valence-corrected chi connectivity index (χ0v) is 11.4. The van der Waals surface area contributed by atoms with E-state index in [0.29, 0.717) is 11.0 Å². The molecule has 18 heavy (non-hydrogen) atoms. The third-order valence-electron chi connectivity index (χ3n) is 2.70. The van der Waals surface area contributed by atoms with Gasteiger partial charge in [0, 0.05) is 11.8 Å². The van der Waals surface area contributed by atoms with Gasteiger partial charge in [0.1, 0.15) is 6.61 Å². The van der Waals surface area contributed by atoms with Gasteiger partial charge in [0.2, 0.25) is 0 Å². The summed E-state index contributed by atoms with van der Waals surface area (Å²) in [5, 5.41) is 26.5. The van der Waals surface area contributed by atoms with Crippen LogP contribution in [0.2, 0.25) is 0 Å². The summed E-state index contributed by atoms with van der Waals surface area (Å²) in [6, 6.07) is 0.261. The van der Waals surface area contributed by atoms with Crippen molar-refractivity contribution in [2.24, 2.45) is 0 Å². The molecule has 100 valence electrons. The number of hydrogen-bond acceptors (Lipinski definition) is 6. The van der Waals surface area contributed by atoms with E-state index < -0.39 is 5.97 Å². The number of aliphatic hydroxyl groups excluding tert-OH is 1. The third-order valence-corrected chi connectivity index (χ3v) is 4.83. The molecule has 0 aromatic carbocycles. The number of nitrogens with zero attached hydrogens (tertiary/aromatic N) is 3. The highest BCUT2D eigenvalue weighted by atomic mass is 32.2. The number of carbonyl (C=O) groups is 1. The van der Waals surface area contributed by atoms with Crippen LogP contribution in [0.5, 0.6) is 0 Å². The summed E-state index contributed by atoms with van der Waals surface area (Å²) in [5.41, 5.74) is 0. The van der Waals surface area contributed by atoms with E-state index in [-0.39, 0.29) is 18.4 Å². The van der Waals surface area contributed by atoms with Gasteiger partial charge in [-0.3, -0.25) is 4.79 Å². The maximum Gasteiger partial charge on any atom is 0.313 e. The predicted octanol–water partition coefficient (Wildman–Crippen LogP) is 1.02. The number of aliphatic carboxylic acids is 1. The van der Waals surface area contributed by atoms with Crippen molar-refractivity contribution < 1.29 is 15.0 Å². The van der Waals surface area contributed by atoms with Crippen molar-refractivity contribution in [2.45, 2.75) is 30.6 Å². The van der Waals surface area contributed by atoms with Crippen LogP contribution in [0.3, 0.4) is 0 Å². The topological polar surface area (TPSA) is 88.2 Å². The van der Waals surface area contributed by atoms with Crippen LogP contribution in [0.25, 0.3) is 0 Å². The van der Waals surface area contributed by atoms with Crippen LogP contribution in [-0.4, -0.2) is 48.2 Å². The summed E-state index contributed by atoms with van der Waals surface area (Å²) in [6.07, 6.45) is 2.15. The molecule has 0 bridgehead atoms. The van der Waals surface area contributed by atoms with Gasteiger partial charge in [-0.2, -0.15) is 11.8 Å². The summed E-state index contributed by atoms with van der Waals surface area (Å²) in [4.78, 5) is 10.6. The Morgan fingerprint density at radius 3 is 3.00 bits per heavy atom. The zero-order valence-electron chi connectivity index (χ0n) is 9.78. The smallest absolute Gasteiger partial charge is 0.313 e. The fourth-order valence-electron chi connectivity index (χ4n) is 1.93. The minimum Gasteiger partial charge on any atom is -0.481 e. The first kappa shape index (κ1) is 13.7. The standard InChI is InChI=1S/C10H15N3O3S2/c14-4-8-11-12-10(18-6-9(15)16)13(8)7-2-1-3-17-5-7/h7,14H,1-6H2,(H,15,16). The second kappa shape index (κ2) is 6.44. The Labute approximate surface area is 113 Å². The molecule has 1 fully saturated rings. The normalized spacial score (nSPS) is 19.9. The van der Waals surface area contributed by atoms with E-state index in [0.717, 1.165) is 36.1 Å². The molecular formula is C10H15N3O3S2. The highest BCUT2D eigenvalue weighted by Gasteiger charge is 2.23. The van der Waals surface area contributed by atoms with Crippen LogP contribution >= 0.6 is 23.5 Å². The molecule has 0 amide bonds. The van der Waals surface area contributed by atoms with Crippen molar-refractivity contribution in [3.63, 3.8) is 0 Å². The Morgan fingerprint density at radius 2 is 2.39 bits per heavy atom. The Morgan fingerprint density at radius 1 is 1.56 bits per heavy atom. The third kappa shape index (κ3) is 3.18. The Balaban J connectivity index is 2.18. The lowest BCUT2D eigenvalue weighted by Gasteiger charge is -2.24. The van der Waals surface area contributed by atoms with Crippen LogP contribution in [-0.2, 0) is 11.4 Å². The molecule has 0 saturated carbocycles. The van der Waals surface area contributed by atoms with Crippen molar-refractivity contribution >= 4 is 29.5 Å². The van der Waals surface area contributed by atoms with E-state index in [4.69, 9.17) is 5.11 Å². The van der Waals surface area contributed by atoms with E-state index in [9.17, 15) is 9.90 Å². The first-order valence-electron chi connectivity index (χ1n) is 5.69. The number of aliphatic hydroxyl groups is 1. The second-order valence-electron chi connectivity index (χ2n) is 3.98. The predicted molar refractivity (Wildman–Crippen MR) is 69.9 cm³/mol. The number of thioether (sulfide) groups is 2. The number of carboxylic acid groups (broad SMARTS) is 1. The highest BCUT2D eigenvalue weighted by molar-refractivity contribution is 7.99. The van der Waals surface area contributed by atoms with Gasteiger partial charge in [0.05, 0.1) is 5.75 Å². The van der Waals surface area contributed by atoms with Crippen molar-refractivity contribution in [1.82, 2.24) is 14.8 Å². The van der Waals surface area contributed by atoms with Crippen molar-refractivity contribution in [2.75, 3.05) is 17.3 Å². The van der Waals surface area contributed by atoms with Gasteiger partial charge < -0.3 is 14.8 Å². The molecule has 0 radical (unpaired) electrons. The average Bonchev–Trinajstić information content (AvgIpc) is 2.80. The van der Waals surface area contributed by atoms with Crippen molar-refractivity contribution in [3.05, 3.63) is 5.82 Å². The number of aromatic nitrogens is 3. The summed E-state index contributed by atoms with van der Waals surface area (Å²) < 4.78 is 1.90. The van der Waals surface area contributed by atoms with E-state index in [1.54, 1.807) is 0 Å². The molecule has 2 rings (SSSR count). The van der Waals surface area contributed by atoms with Gasteiger partial charge in [-0.15, -0.1) is 10.2 Å². The van der Waals surface area contributed by atoms with Gasteiger partial charge in [-0.05, 0) is 18.6 Å². The monoisotopic (exact) mass is 289 g/mol. The van der Waals surface area contributed by atoms with Gasteiger partial charge in [0.15, 0.2) is 11.0 Å². The molecule has 1 atom stereocenters. The van der Waals surface area contributed by atoms with Crippen LogP contribution in [0.15, 0.2) is 5.16 Å². The van der Waals surface area contributed by atoms with Crippen LogP contribution in [0.1, 0.15) is 24.7 Å². The molecule has 2 heterocycles. The number of hydrogen-bond donors (Lipinski definition) is 2. The summed E-state index contributed by atoms with van der Waals surface area (Å²) in [5.74, 6) is 1.73. The summed E-state index contributed by atoms with van der Waals surface area (Å²) in [7, 11) is 0. The minimum atomic E-state index is -0.877. The van der Waals surface area contributed by atoms with Gasteiger partial charge in [0.25, 0.3) is 0 Å². The molecule has 1 saturated heterocycles. The second-order valence-corrected chi connectivity index (χ2v) is 6.07. The van der Waals surface area contributed by atoms with Crippen molar-refractivity contribution in [3.8, 4) is 0 Å². The summed E-state index contributed by atoms with van der Waals surface area (Å²) >= 11 is 3.02. The molecule has 1 unspecified atom stereocenters. The van der Waals surface area contributed by atoms with E-state index in [2.05, 4.69) is 10.2 Å². The molecule has 1 aromatic heterocycles. The number of carboxylic acids is 1. The lowest BCUT2D eigenvalue weighted by atomic mass is 10.2. The molecule has 6 nitrogen and oxygen atoms in total. The fourth-order valence-corrected chi connectivity index (χ4v) is 3.80.